The molecule has 0 radical (unpaired) electrons. The third-order valence-electron chi connectivity index (χ3n) is 6.55. The minimum Gasteiger partial charge on any atom is -0.312 e. The number of halogens is 1. The number of rotatable bonds is 7. The van der Waals surface area contributed by atoms with Gasteiger partial charge in [0, 0.05) is 23.7 Å². The number of fused-ring (bicyclic) bond motifs is 1. The second kappa shape index (κ2) is 9.91. The van der Waals surface area contributed by atoms with Crippen LogP contribution in [0.2, 0.25) is 0 Å². The molecule has 3 rings (SSSR count). The van der Waals surface area contributed by atoms with Gasteiger partial charge in [0.05, 0.1) is 5.38 Å². The molecule has 1 heterocycles. The zero-order valence-corrected chi connectivity index (χ0v) is 18.1. The van der Waals surface area contributed by atoms with E-state index < -0.39 is 5.38 Å². The first-order chi connectivity index (χ1) is 13.5. The average molecular weight is 404 g/mol. The van der Waals surface area contributed by atoms with Crippen molar-refractivity contribution >= 4 is 29.0 Å². The number of aryl methyl sites for hydroxylation is 1. The van der Waals surface area contributed by atoms with Crippen LogP contribution in [0.3, 0.4) is 0 Å². The summed E-state index contributed by atoms with van der Waals surface area (Å²) in [7, 11) is 0. The van der Waals surface area contributed by atoms with Gasteiger partial charge in [-0.2, -0.15) is 0 Å². The minimum absolute atomic E-state index is 0.0131. The number of alkyl halides is 1. The van der Waals surface area contributed by atoms with Crippen molar-refractivity contribution < 1.29 is 9.59 Å². The molecule has 1 unspecified atom stereocenters. The standard InChI is InChI=1S/C24H34ClNO2/c1-3-5-7-17-9-11-18(12-10-17)24(28)26-15-6-8-19-16-20(13-14-22(19)26)23(27)21(25)4-2/h13-14,16-18,21H,3-12,15H2,1-2H3. The summed E-state index contributed by atoms with van der Waals surface area (Å²) in [5.41, 5.74) is 2.79. The second-order valence-electron chi connectivity index (χ2n) is 8.54. The first kappa shape index (κ1) is 21.4. The molecule has 1 amide bonds. The van der Waals surface area contributed by atoms with Gasteiger partial charge < -0.3 is 4.90 Å². The maximum absolute atomic E-state index is 13.2. The van der Waals surface area contributed by atoms with Crippen molar-refractivity contribution in [1.29, 1.82) is 0 Å². The molecule has 154 valence electrons. The van der Waals surface area contributed by atoms with Crippen molar-refractivity contribution in [1.82, 2.24) is 0 Å². The predicted octanol–water partition coefficient (Wildman–Crippen LogP) is 6.16. The number of unbranched alkanes of at least 4 members (excludes halogenated alkanes) is 1. The zero-order valence-electron chi connectivity index (χ0n) is 17.4. The first-order valence-electron chi connectivity index (χ1n) is 11.2. The van der Waals surface area contributed by atoms with E-state index in [1.807, 2.05) is 30.0 Å². The Balaban J connectivity index is 1.68. The smallest absolute Gasteiger partial charge is 0.230 e. The molecule has 0 bridgehead atoms. The summed E-state index contributed by atoms with van der Waals surface area (Å²) < 4.78 is 0. The van der Waals surface area contributed by atoms with Crippen molar-refractivity contribution in [2.75, 3.05) is 11.4 Å². The van der Waals surface area contributed by atoms with E-state index in [0.717, 1.165) is 49.4 Å². The highest BCUT2D eigenvalue weighted by molar-refractivity contribution is 6.33. The predicted molar refractivity (Wildman–Crippen MR) is 116 cm³/mol. The van der Waals surface area contributed by atoms with Crippen molar-refractivity contribution in [2.45, 2.75) is 83.4 Å². The van der Waals surface area contributed by atoms with Crippen LogP contribution in [0.5, 0.6) is 0 Å². The fraction of sp³-hybridized carbons (Fsp3) is 0.667. The molecular weight excluding hydrogens is 370 g/mol. The van der Waals surface area contributed by atoms with E-state index in [0.29, 0.717) is 12.0 Å². The van der Waals surface area contributed by atoms with E-state index in [1.165, 1.54) is 32.1 Å². The fourth-order valence-corrected chi connectivity index (χ4v) is 4.88. The number of hydrogen-bond donors (Lipinski definition) is 0. The van der Waals surface area contributed by atoms with Crippen LogP contribution in [0, 0.1) is 11.8 Å². The van der Waals surface area contributed by atoms with Crippen LogP contribution in [0.25, 0.3) is 0 Å². The van der Waals surface area contributed by atoms with Gasteiger partial charge in [-0.1, -0.05) is 33.1 Å². The molecule has 3 nitrogen and oxygen atoms in total. The Labute approximate surface area is 174 Å². The largest absolute Gasteiger partial charge is 0.312 e. The van der Waals surface area contributed by atoms with Crippen molar-refractivity contribution in [3.8, 4) is 0 Å². The van der Waals surface area contributed by atoms with Gasteiger partial charge in [0.25, 0.3) is 0 Å². The lowest BCUT2D eigenvalue weighted by Gasteiger charge is -2.35. The fourth-order valence-electron chi connectivity index (χ4n) is 4.76. The van der Waals surface area contributed by atoms with Crippen molar-refractivity contribution in [3.63, 3.8) is 0 Å². The van der Waals surface area contributed by atoms with Crippen LogP contribution in [0.15, 0.2) is 18.2 Å². The molecule has 2 aliphatic rings. The van der Waals surface area contributed by atoms with Gasteiger partial charge in [-0.25, -0.2) is 0 Å². The van der Waals surface area contributed by atoms with Crippen LogP contribution in [0.4, 0.5) is 5.69 Å². The number of Topliss-reactive ketones (excluding diaryl/α,β-unsaturated/α-hetero) is 1. The highest BCUT2D eigenvalue weighted by atomic mass is 35.5. The SMILES string of the molecule is CCCCC1CCC(C(=O)N2CCCc3cc(C(=O)C(Cl)CC)ccc32)CC1. The van der Waals surface area contributed by atoms with Crippen molar-refractivity contribution in [3.05, 3.63) is 29.3 Å². The van der Waals surface area contributed by atoms with Crippen LogP contribution in [0.1, 0.15) is 87.6 Å². The van der Waals surface area contributed by atoms with Gasteiger partial charge in [0.1, 0.15) is 0 Å². The summed E-state index contributed by atoms with van der Waals surface area (Å²) in [5.74, 6) is 1.25. The highest BCUT2D eigenvalue weighted by Gasteiger charge is 2.32. The number of anilines is 1. The molecule has 0 saturated heterocycles. The maximum Gasteiger partial charge on any atom is 0.230 e. The Bertz CT molecular complexity index is 694. The van der Waals surface area contributed by atoms with Gasteiger partial charge in [-0.3, -0.25) is 9.59 Å². The highest BCUT2D eigenvalue weighted by Crippen LogP contribution is 2.36. The summed E-state index contributed by atoms with van der Waals surface area (Å²) in [4.78, 5) is 27.7. The lowest BCUT2D eigenvalue weighted by Crippen LogP contribution is -2.41. The Morgan fingerprint density at radius 3 is 2.61 bits per heavy atom. The van der Waals surface area contributed by atoms with Crippen LogP contribution < -0.4 is 4.90 Å². The Hall–Kier alpha value is -1.35. The number of ketones is 1. The van der Waals surface area contributed by atoms with E-state index >= 15 is 0 Å². The van der Waals surface area contributed by atoms with Crippen LogP contribution in [-0.2, 0) is 11.2 Å². The maximum atomic E-state index is 13.2. The molecular formula is C24H34ClNO2. The van der Waals surface area contributed by atoms with Crippen molar-refractivity contribution in [2.24, 2.45) is 11.8 Å². The molecule has 1 fully saturated rings. The molecule has 1 aliphatic heterocycles. The van der Waals surface area contributed by atoms with Gasteiger partial charge in [0.2, 0.25) is 5.91 Å². The van der Waals surface area contributed by atoms with E-state index in [4.69, 9.17) is 11.6 Å². The Morgan fingerprint density at radius 2 is 1.93 bits per heavy atom. The number of nitrogens with zero attached hydrogens (tertiary/aromatic N) is 1. The number of hydrogen-bond acceptors (Lipinski definition) is 2. The molecule has 28 heavy (non-hydrogen) atoms. The first-order valence-corrected chi connectivity index (χ1v) is 11.6. The molecule has 1 aromatic carbocycles. The topological polar surface area (TPSA) is 37.4 Å². The second-order valence-corrected chi connectivity index (χ2v) is 9.06. The van der Waals surface area contributed by atoms with E-state index in [9.17, 15) is 9.59 Å². The molecule has 1 aromatic rings. The normalized spacial score (nSPS) is 23.2. The average Bonchev–Trinajstić information content (AvgIpc) is 2.75. The summed E-state index contributed by atoms with van der Waals surface area (Å²) in [5, 5.41) is -0.470. The number of carbonyl (C=O) groups excluding carboxylic acids is 2. The summed E-state index contributed by atoms with van der Waals surface area (Å²) in [6, 6.07) is 5.77. The van der Waals surface area contributed by atoms with Gasteiger partial charge in [-0.15, -0.1) is 11.6 Å². The summed E-state index contributed by atoms with van der Waals surface area (Å²) in [6.07, 6.45) is 10.8. The van der Waals surface area contributed by atoms with E-state index in [-0.39, 0.29) is 17.6 Å². The molecule has 0 N–H and O–H groups in total. The minimum atomic E-state index is -0.470. The lowest BCUT2D eigenvalue weighted by atomic mass is 9.79. The van der Waals surface area contributed by atoms with E-state index in [1.54, 1.807) is 0 Å². The summed E-state index contributed by atoms with van der Waals surface area (Å²) in [6.45, 7) is 4.96. The summed E-state index contributed by atoms with van der Waals surface area (Å²) >= 11 is 6.14. The van der Waals surface area contributed by atoms with Crippen LogP contribution in [-0.4, -0.2) is 23.6 Å². The molecule has 1 atom stereocenters. The monoisotopic (exact) mass is 403 g/mol. The molecule has 0 aromatic heterocycles. The Morgan fingerprint density at radius 1 is 1.18 bits per heavy atom. The third kappa shape index (κ3) is 4.79. The van der Waals surface area contributed by atoms with Gasteiger partial charge in [-0.05, 0) is 74.6 Å². The quantitative estimate of drug-likeness (QED) is 0.403. The molecule has 4 heteroatoms. The third-order valence-corrected chi connectivity index (χ3v) is 7.06. The Kier molecular flexibility index (Phi) is 7.56. The number of benzene rings is 1. The molecule has 1 saturated carbocycles. The zero-order chi connectivity index (χ0) is 20.1. The van der Waals surface area contributed by atoms with Crippen LogP contribution >= 0.6 is 11.6 Å². The van der Waals surface area contributed by atoms with Gasteiger partial charge in [0.15, 0.2) is 5.78 Å². The molecule has 0 spiro atoms. The number of carbonyl (C=O) groups is 2. The lowest BCUT2D eigenvalue weighted by molar-refractivity contribution is -0.123. The van der Waals surface area contributed by atoms with E-state index in [2.05, 4.69) is 6.92 Å². The molecule has 1 aliphatic carbocycles. The van der Waals surface area contributed by atoms with Gasteiger partial charge >= 0.3 is 0 Å². The number of amides is 1.